The molecule has 2 fully saturated rings. The molecule has 3 aliphatic heterocycles. The number of carbonyl (C=O) groups is 1. The van der Waals surface area contributed by atoms with Gasteiger partial charge in [-0.15, -0.1) is 0 Å². The number of benzene rings is 1. The lowest BCUT2D eigenvalue weighted by atomic mass is 10.0. The molecule has 176 valence electrons. The first-order chi connectivity index (χ1) is 15.8. The van der Waals surface area contributed by atoms with Crippen molar-refractivity contribution in [3.8, 4) is 0 Å². The normalized spacial score (nSPS) is 27.3. The van der Waals surface area contributed by atoms with E-state index in [0.29, 0.717) is 36.0 Å². The van der Waals surface area contributed by atoms with Crippen molar-refractivity contribution >= 4 is 35.3 Å². The number of β-amino-alcohol motifs (C(OH)–C–C–N with tert-alkyl or cyclic N) is 1. The van der Waals surface area contributed by atoms with Crippen LogP contribution in [0.2, 0.25) is 5.02 Å². The molecule has 5 rings (SSSR count). The zero-order valence-corrected chi connectivity index (χ0v) is 19.2. The van der Waals surface area contributed by atoms with Crippen LogP contribution in [-0.2, 0) is 0 Å². The minimum atomic E-state index is -0.590. The summed E-state index contributed by atoms with van der Waals surface area (Å²) in [6.07, 6.45) is 8.33. The van der Waals surface area contributed by atoms with E-state index in [0.717, 1.165) is 31.4 Å². The van der Waals surface area contributed by atoms with E-state index in [2.05, 4.69) is 27.6 Å². The third-order valence-corrected chi connectivity index (χ3v) is 7.14. The molecular formula is C23H28ClFN6O2. The van der Waals surface area contributed by atoms with Gasteiger partial charge in [-0.3, -0.25) is 4.90 Å². The number of rotatable bonds is 3. The summed E-state index contributed by atoms with van der Waals surface area (Å²) in [6.45, 7) is 3.80. The Morgan fingerprint density at radius 2 is 2.15 bits per heavy atom. The fraction of sp³-hybridized carbons (Fsp3) is 0.478. The number of aliphatic hydroxyl groups is 1. The number of likely N-dealkylation sites (tertiary alicyclic amines) is 2. The summed E-state index contributed by atoms with van der Waals surface area (Å²) in [5, 5.41) is 21.3. The molecule has 1 aromatic carbocycles. The van der Waals surface area contributed by atoms with E-state index < -0.39 is 11.8 Å². The minimum Gasteiger partial charge on any atom is -0.391 e. The molecule has 1 aromatic heterocycles. The highest BCUT2D eigenvalue weighted by atomic mass is 35.5. The fourth-order valence-electron chi connectivity index (χ4n) is 5.11. The van der Waals surface area contributed by atoms with Gasteiger partial charge in [0.1, 0.15) is 17.2 Å². The second-order valence-corrected chi connectivity index (χ2v) is 9.54. The molecule has 0 saturated carbocycles. The second-order valence-electron chi connectivity index (χ2n) is 9.13. The molecular weight excluding hydrogens is 447 g/mol. The van der Waals surface area contributed by atoms with Gasteiger partial charge in [-0.05, 0) is 62.4 Å². The number of carbonyl (C=O) groups excluding carboxylic acids is 1. The van der Waals surface area contributed by atoms with Gasteiger partial charge in [0.2, 0.25) is 0 Å². The molecule has 3 N–H and O–H groups in total. The Kier molecular flexibility index (Phi) is 5.80. The summed E-state index contributed by atoms with van der Waals surface area (Å²) in [5.74, 6) is 0.367. The van der Waals surface area contributed by atoms with Gasteiger partial charge >= 0.3 is 6.03 Å². The Labute approximate surface area is 197 Å². The molecule has 10 heteroatoms. The summed E-state index contributed by atoms with van der Waals surface area (Å²) in [5.41, 5.74) is 0.755. The molecule has 33 heavy (non-hydrogen) atoms. The highest BCUT2D eigenvalue weighted by Gasteiger charge is 2.41. The van der Waals surface area contributed by atoms with Crippen LogP contribution in [0.4, 0.5) is 20.7 Å². The predicted octanol–water partition coefficient (Wildman–Crippen LogP) is 4.11. The van der Waals surface area contributed by atoms with Gasteiger partial charge in [-0.2, -0.15) is 5.10 Å². The lowest BCUT2D eigenvalue weighted by molar-refractivity contribution is 0.0883. The highest BCUT2D eigenvalue weighted by Crippen LogP contribution is 2.43. The molecule has 8 nitrogen and oxygen atoms in total. The molecule has 2 aromatic rings. The number of hydrogen-bond donors (Lipinski definition) is 3. The van der Waals surface area contributed by atoms with E-state index in [-0.39, 0.29) is 17.9 Å². The van der Waals surface area contributed by atoms with Gasteiger partial charge in [0.05, 0.1) is 12.3 Å². The number of nitrogens with one attached hydrogen (secondary N) is 2. The van der Waals surface area contributed by atoms with Crippen molar-refractivity contribution < 1.29 is 14.3 Å². The van der Waals surface area contributed by atoms with Crippen LogP contribution in [0, 0.1) is 5.82 Å². The van der Waals surface area contributed by atoms with Crippen LogP contribution >= 0.6 is 11.6 Å². The predicted molar refractivity (Wildman–Crippen MR) is 126 cm³/mol. The van der Waals surface area contributed by atoms with Crippen LogP contribution in [0.1, 0.15) is 44.2 Å². The summed E-state index contributed by atoms with van der Waals surface area (Å²) in [6, 6.07) is 4.20. The van der Waals surface area contributed by atoms with E-state index >= 15 is 0 Å². The Bertz CT molecular complexity index is 1090. The maximum Gasteiger partial charge on any atom is 0.322 e. The first-order valence-electron chi connectivity index (χ1n) is 11.3. The van der Waals surface area contributed by atoms with Gasteiger partial charge in [-0.25, -0.2) is 13.9 Å². The van der Waals surface area contributed by atoms with Gasteiger partial charge in [0.15, 0.2) is 5.82 Å². The van der Waals surface area contributed by atoms with Crippen molar-refractivity contribution in [2.75, 3.05) is 30.3 Å². The Hall–Kier alpha value is -2.62. The van der Waals surface area contributed by atoms with Crippen molar-refractivity contribution in [2.45, 2.75) is 50.4 Å². The lowest BCUT2D eigenvalue weighted by Gasteiger charge is -2.43. The summed E-state index contributed by atoms with van der Waals surface area (Å²) < 4.78 is 15.7. The Morgan fingerprint density at radius 3 is 2.97 bits per heavy atom. The molecule has 1 unspecified atom stereocenters. The van der Waals surface area contributed by atoms with Crippen LogP contribution in [0.3, 0.4) is 0 Å². The average molecular weight is 475 g/mol. The van der Waals surface area contributed by atoms with E-state index in [1.54, 1.807) is 21.8 Å². The number of amides is 2. The van der Waals surface area contributed by atoms with Crippen molar-refractivity contribution in [1.82, 2.24) is 19.6 Å². The zero-order valence-electron chi connectivity index (χ0n) is 18.5. The average Bonchev–Trinajstić information content (AvgIpc) is 3.43. The number of nitrogens with zero attached hydrogens (tertiary/aromatic N) is 4. The summed E-state index contributed by atoms with van der Waals surface area (Å²) >= 11 is 6.44. The Balaban J connectivity index is 1.37. The molecule has 0 aliphatic carbocycles. The maximum absolute atomic E-state index is 14.0. The first-order valence-corrected chi connectivity index (χ1v) is 11.7. The Morgan fingerprint density at radius 1 is 1.33 bits per heavy atom. The summed E-state index contributed by atoms with van der Waals surface area (Å²) in [4.78, 5) is 16.7. The van der Waals surface area contributed by atoms with E-state index in [1.165, 1.54) is 12.1 Å². The molecule has 3 aliphatic rings. The van der Waals surface area contributed by atoms with Gasteiger partial charge in [0, 0.05) is 36.9 Å². The third-order valence-electron chi connectivity index (χ3n) is 6.80. The summed E-state index contributed by atoms with van der Waals surface area (Å²) in [7, 11) is 0. The number of halogens is 2. The number of anilines is 2. The largest absolute Gasteiger partial charge is 0.391 e. The number of piperidine rings is 1. The number of aromatic nitrogens is 2. The van der Waals surface area contributed by atoms with Crippen molar-refractivity contribution in [3.63, 3.8) is 0 Å². The highest BCUT2D eigenvalue weighted by molar-refractivity contribution is 6.31. The molecule has 0 spiro atoms. The molecule has 4 heterocycles. The first kappa shape index (κ1) is 22.2. The van der Waals surface area contributed by atoms with E-state index in [1.807, 2.05) is 12.3 Å². The van der Waals surface area contributed by atoms with Crippen LogP contribution in [0.5, 0.6) is 0 Å². The smallest absolute Gasteiger partial charge is 0.322 e. The molecule has 2 amide bonds. The van der Waals surface area contributed by atoms with Crippen LogP contribution in [-0.4, -0.2) is 62.1 Å². The zero-order chi connectivity index (χ0) is 23.2. The standard InChI is InChI=1S/C23H28ClFN6O2/c1-23(30-10-3-5-20(30)17-12-15(25)6-7-18(17)24)8-11-31-21(28-23)19(13-26-31)27-22(33)29-9-2-4-16(32)14-29/h6-8,11-13,16,20,28,32H,2-5,9-10,14H2,1H3,(H,27,33)/t16-,20-,23?/m1/s1. The lowest BCUT2D eigenvalue weighted by Crippen LogP contribution is -2.52. The third kappa shape index (κ3) is 4.20. The number of fused-ring (bicyclic) bond motifs is 1. The van der Waals surface area contributed by atoms with Crippen LogP contribution in [0.15, 0.2) is 30.5 Å². The van der Waals surface area contributed by atoms with Crippen molar-refractivity contribution in [1.29, 1.82) is 0 Å². The number of hydrogen-bond acceptors (Lipinski definition) is 5. The monoisotopic (exact) mass is 474 g/mol. The van der Waals surface area contributed by atoms with Crippen molar-refractivity contribution in [3.05, 3.63) is 46.9 Å². The topological polar surface area (TPSA) is 85.7 Å². The van der Waals surface area contributed by atoms with Gasteiger partial charge in [-0.1, -0.05) is 11.6 Å². The van der Waals surface area contributed by atoms with Crippen LogP contribution < -0.4 is 10.6 Å². The molecule has 0 radical (unpaired) electrons. The maximum atomic E-state index is 14.0. The van der Waals surface area contributed by atoms with Gasteiger partial charge in [0.25, 0.3) is 0 Å². The van der Waals surface area contributed by atoms with Crippen LogP contribution in [0.25, 0.3) is 6.20 Å². The minimum absolute atomic E-state index is 0.0438. The van der Waals surface area contributed by atoms with Crippen molar-refractivity contribution in [2.24, 2.45) is 0 Å². The number of aliphatic hydroxyl groups excluding tert-OH is 1. The second kappa shape index (κ2) is 8.62. The van der Waals surface area contributed by atoms with Gasteiger partial charge < -0.3 is 20.6 Å². The number of urea groups is 1. The molecule has 2 saturated heterocycles. The quantitative estimate of drug-likeness (QED) is 0.623. The molecule has 0 bridgehead atoms. The van der Waals surface area contributed by atoms with E-state index in [9.17, 15) is 14.3 Å². The SMILES string of the molecule is CC1(N2CCC[C@@H]2c2cc(F)ccc2Cl)C=Cn2ncc(NC(=O)N3CCC[C@@H](O)C3)c2N1. The van der Waals surface area contributed by atoms with E-state index in [4.69, 9.17) is 11.6 Å². The molecule has 3 atom stereocenters. The fourth-order valence-corrected chi connectivity index (χ4v) is 5.35.